The molecule has 74 valence electrons. The van der Waals surface area contributed by atoms with Gasteiger partial charge in [0.05, 0.1) is 37.5 Å². The topological polar surface area (TPSA) is 47.3 Å². The van der Waals surface area contributed by atoms with E-state index in [2.05, 4.69) is 4.98 Å². The fraction of sp³-hybridized carbons (Fsp3) is 0.667. The second kappa shape index (κ2) is 4.99. The Kier molecular flexibility index (Phi) is 3.92. The fourth-order valence-corrected chi connectivity index (χ4v) is 1.07. The van der Waals surface area contributed by atoms with E-state index in [1.807, 2.05) is 18.4 Å². The number of hydrogen-bond acceptors (Lipinski definition) is 3. The van der Waals surface area contributed by atoms with Crippen molar-refractivity contribution in [2.75, 3.05) is 6.61 Å². The predicted molar refractivity (Wildman–Crippen MR) is 49.2 cm³/mol. The van der Waals surface area contributed by atoms with Crippen LogP contribution >= 0.6 is 0 Å². The molecule has 0 spiro atoms. The van der Waals surface area contributed by atoms with Crippen molar-refractivity contribution in [1.29, 1.82) is 0 Å². The zero-order valence-electron chi connectivity index (χ0n) is 8.10. The Morgan fingerprint density at radius 3 is 3.00 bits per heavy atom. The molecular weight excluding hydrogens is 168 g/mol. The molecule has 0 fully saturated rings. The van der Waals surface area contributed by atoms with E-state index >= 15 is 0 Å². The Hall–Kier alpha value is -0.870. The van der Waals surface area contributed by atoms with Gasteiger partial charge in [-0.05, 0) is 13.8 Å². The molecule has 0 bridgehead atoms. The van der Waals surface area contributed by atoms with Gasteiger partial charge in [-0.3, -0.25) is 0 Å². The van der Waals surface area contributed by atoms with Crippen LogP contribution in [0, 0.1) is 0 Å². The van der Waals surface area contributed by atoms with E-state index in [1.165, 1.54) is 0 Å². The molecule has 0 unspecified atom stereocenters. The van der Waals surface area contributed by atoms with Crippen LogP contribution in [-0.4, -0.2) is 27.4 Å². The van der Waals surface area contributed by atoms with E-state index in [-0.39, 0.29) is 12.7 Å². The van der Waals surface area contributed by atoms with Crippen molar-refractivity contribution in [3.8, 4) is 0 Å². The lowest BCUT2D eigenvalue weighted by atomic mass is 10.4. The van der Waals surface area contributed by atoms with Crippen LogP contribution in [0.1, 0.15) is 19.5 Å². The van der Waals surface area contributed by atoms with Crippen LogP contribution in [0.15, 0.2) is 12.5 Å². The van der Waals surface area contributed by atoms with Gasteiger partial charge >= 0.3 is 0 Å². The van der Waals surface area contributed by atoms with E-state index in [1.54, 1.807) is 12.5 Å². The monoisotopic (exact) mass is 184 g/mol. The van der Waals surface area contributed by atoms with Crippen molar-refractivity contribution in [3.63, 3.8) is 0 Å². The number of hydrogen-bond donors (Lipinski definition) is 1. The van der Waals surface area contributed by atoms with Gasteiger partial charge in [0.2, 0.25) is 0 Å². The lowest BCUT2D eigenvalue weighted by Gasteiger charge is -2.09. The summed E-state index contributed by atoms with van der Waals surface area (Å²) in [5.41, 5.74) is 0.826. The third-order valence-corrected chi connectivity index (χ3v) is 1.74. The lowest BCUT2D eigenvalue weighted by molar-refractivity contribution is 0.0718. The largest absolute Gasteiger partial charge is 0.390 e. The second-order valence-electron chi connectivity index (χ2n) is 3.16. The van der Waals surface area contributed by atoms with Gasteiger partial charge in [0, 0.05) is 6.54 Å². The Bertz CT molecular complexity index is 246. The number of aliphatic hydroxyl groups excluding tert-OH is 1. The zero-order chi connectivity index (χ0) is 9.68. The summed E-state index contributed by atoms with van der Waals surface area (Å²) >= 11 is 0. The molecule has 0 amide bonds. The number of nitrogens with zero attached hydrogens (tertiary/aromatic N) is 2. The van der Waals surface area contributed by atoms with Crippen LogP contribution in [0.4, 0.5) is 0 Å². The van der Waals surface area contributed by atoms with Crippen LogP contribution in [0.25, 0.3) is 0 Å². The second-order valence-corrected chi connectivity index (χ2v) is 3.16. The smallest absolute Gasteiger partial charge is 0.0949 e. The van der Waals surface area contributed by atoms with Crippen molar-refractivity contribution in [2.45, 2.75) is 33.1 Å². The minimum Gasteiger partial charge on any atom is -0.390 e. The molecule has 13 heavy (non-hydrogen) atoms. The molecule has 0 aliphatic carbocycles. The van der Waals surface area contributed by atoms with Gasteiger partial charge in [-0.1, -0.05) is 0 Å². The normalized spacial score (nSPS) is 11.1. The van der Waals surface area contributed by atoms with Crippen molar-refractivity contribution < 1.29 is 9.84 Å². The molecule has 0 saturated heterocycles. The minimum absolute atomic E-state index is 0.0294. The summed E-state index contributed by atoms with van der Waals surface area (Å²) in [7, 11) is 0. The quantitative estimate of drug-likeness (QED) is 0.736. The average Bonchev–Trinajstić information content (AvgIpc) is 2.51. The highest BCUT2D eigenvalue weighted by atomic mass is 16.5. The first-order valence-corrected chi connectivity index (χ1v) is 4.45. The number of ether oxygens (including phenoxy) is 1. The summed E-state index contributed by atoms with van der Waals surface area (Å²) in [5.74, 6) is 0. The maximum atomic E-state index is 8.91. The van der Waals surface area contributed by atoms with Gasteiger partial charge in [0.25, 0.3) is 0 Å². The van der Waals surface area contributed by atoms with Gasteiger partial charge < -0.3 is 14.4 Å². The van der Waals surface area contributed by atoms with Crippen LogP contribution in [0.2, 0.25) is 0 Å². The van der Waals surface area contributed by atoms with Gasteiger partial charge in [-0.25, -0.2) is 4.98 Å². The molecule has 1 heterocycles. The zero-order valence-corrected chi connectivity index (χ0v) is 8.10. The Balaban J connectivity index is 2.36. The van der Waals surface area contributed by atoms with E-state index in [0.717, 1.165) is 12.2 Å². The summed E-state index contributed by atoms with van der Waals surface area (Å²) in [5, 5.41) is 8.91. The first kappa shape index (κ1) is 10.2. The van der Waals surface area contributed by atoms with Gasteiger partial charge in [-0.2, -0.15) is 0 Å². The molecule has 4 heteroatoms. The maximum Gasteiger partial charge on any atom is 0.0949 e. The van der Waals surface area contributed by atoms with Crippen LogP contribution in [0.5, 0.6) is 0 Å². The van der Waals surface area contributed by atoms with Crippen molar-refractivity contribution in [2.24, 2.45) is 0 Å². The highest BCUT2D eigenvalue weighted by Gasteiger charge is 2.00. The standard InChI is InChI=1S/C9H16N2O2/c1-8(2)13-4-3-11-7-10-5-9(11)6-12/h5,7-8,12H,3-4,6H2,1-2H3. The Morgan fingerprint density at radius 2 is 2.38 bits per heavy atom. The van der Waals surface area contributed by atoms with Crippen molar-refractivity contribution >= 4 is 0 Å². The summed E-state index contributed by atoms with van der Waals surface area (Å²) in [6.45, 7) is 5.43. The number of rotatable bonds is 5. The molecular formula is C9H16N2O2. The molecule has 1 N–H and O–H groups in total. The first-order chi connectivity index (χ1) is 6.24. The molecule has 0 radical (unpaired) electrons. The Labute approximate surface area is 78.2 Å². The third kappa shape index (κ3) is 3.16. The predicted octanol–water partition coefficient (Wildman–Crippen LogP) is 0.800. The fourth-order valence-electron chi connectivity index (χ4n) is 1.07. The highest BCUT2D eigenvalue weighted by Crippen LogP contribution is 1.99. The summed E-state index contributed by atoms with van der Waals surface area (Å²) in [6, 6.07) is 0. The molecule has 1 aromatic rings. The van der Waals surface area contributed by atoms with E-state index in [0.29, 0.717) is 6.61 Å². The molecule has 0 aromatic carbocycles. The van der Waals surface area contributed by atoms with Crippen molar-refractivity contribution in [1.82, 2.24) is 9.55 Å². The third-order valence-electron chi connectivity index (χ3n) is 1.74. The van der Waals surface area contributed by atoms with Crippen LogP contribution in [-0.2, 0) is 17.9 Å². The van der Waals surface area contributed by atoms with Crippen LogP contribution < -0.4 is 0 Å². The molecule has 0 aliphatic rings. The summed E-state index contributed by atoms with van der Waals surface area (Å²) in [4.78, 5) is 3.94. The molecule has 1 aromatic heterocycles. The number of aliphatic hydroxyl groups is 1. The SMILES string of the molecule is CC(C)OCCn1cncc1CO. The average molecular weight is 184 g/mol. The summed E-state index contributed by atoms with van der Waals surface area (Å²) < 4.78 is 7.28. The van der Waals surface area contributed by atoms with E-state index in [4.69, 9.17) is 9.84 Å². The van der Waals surface area contributed by atoms with Crippen LogP contribution in [0.3, 0.4) is 0 Å². The summed E-state index contributed by atoms with van der Waals surface area (Å²) in [6.07, 6.45) is 3.62. The molecule has 0 saturated carbocycles. The Morgan fingerprint density at radius 1 is 1.62 bits per heavy atom. The van der Waals surface area contributed by atoms with Crippen molar-refractivity contribution in [3.05, 3.63) is 18.2 Å². The highest BCUT2D eigenvalue weighted by molar-refractivity contribution is 4.95. The van der Waals surface area contributed by atoms with Gasteiger partial charge in [0.1, 0.15) is 0 Å². The number of aromatic nitrogens is 2. The molecule has 0 aliphatic heterocycles. The maximum absolute atomic E-state index is 8.91. The lowest BCUT2D eigenvalue weighted by Crippen LogP contribution is -2.11. The molecule has 1 rings (SSSR count). The van der Waals surface area contributed by atoms with E-state index < -0.39 is 0 Å². The minimum atomic E-state index is 0.0294. The van der Waals surface area contributed by atoms with Gasteiger partial charge in [-0.15, -0.1) is 0 Å². The first-order valence-electron chi connectivity index (χ1n) is 4.45. The molecule has 0 atom stereocenters. The molecule has 4 nitrogen and oxygen atoms in total. The van der Waals surface area contributed by atoms with Gasteiger partial charge in [0.15, 0.2) is 0 Å². The number of imidazole rings is 1. The van der Waals surface area contributed by atoms with E-state index in [9.17, 15) is 0 Å².